The van der Waals surface area contributed by atoms with Crippen molar-refractivity contribution >= 4 is 0 Å². The van der Waals surface area contributed by atoms with Gasteiger partial charge in [-0.3, -0.25) is 0 Å². The molecule has 108 valence electrons. The molecule has 0 aromatic heterocycles. The number of piperidine rings is 1. The van der Waals surface area contributed by atoms with Crippen LogP contribution in [0.2, 0.25) is 0 Å². The molecule has 1 nitrogen and oxygen atoms in total. The SMILES string of the molecule is C[C@@]12CCC[C@H]1[C@@H]1CNC3CCCC[C@]3(C)[C@@H]1CC2. The van der Waals surface area contributed by atoms with E-state index in [-0.39, 0.29) is 0 Å². The second-order valence-electron chi connectivity index (χ2n) is 8.67. The largest absolute Gasteiger partial charge is 0.313 e. The van der Waals surface area contributed by atoms with Crippen molar-refractivity contribution in [3.8, 4) is 0 Å². The summed E-state index contributed by atoms with van der Waals surface area (Å²) in [5.74, 6) is 3.08. The summed E-state index contributed by atoms with van der Waals surface area (Å²) in [6, 6.07) is 0.841. The molecule has 1 aliphatic heterocycles. The summed E-state index contributed by atoms with van der Waals surface area (Å²) in [5, 5.41) is 3.99. The molecule has 4 fully saturated rings. The van der Waals surface area contributed by atoms with Crippen LogP contribution in [0.4, 0.5) is 0 Å². The Labute approximate surface area is 118 Å². The third-order valence-electron chi connectivity index (χ3n) is 7.92. The average Bonchev–Trinajstić information content (AvgIpc) is 2.79. The first kappa shape index (κ1) is 12.7. The monoisotopic (exact) mass is 261 g/mol. The molecule has 1 unspecified atom stereocenters. The molecular formula is C18H31N. The quantitative estimate of drug-likeness (QED) is 0.682. The summed E-state index contributed by atoms with van der Waals surface area (Å²) >= 11 is 0. The minimum absolute atomic E-state index is 0.630. The van der Waals surface area contributed by atoms with Crippen LogP contribution in [0.5, 0.6) is 0 Å². The number of hydrogen-bond donors (Lipinski definition) is 1. The average molecular weight is 261 g/mol. The molecule has 4 aliphatic rings. The standard InChI is InChI=1S/C18H31N/c1-17-9-5-6-14(17)13-12-19-16-7-3-4-10-18(16,2)15(13)8-11-17/h13-16,19H,3-12H2,1-2H3/t13-,14-,15+,16?,17-,18+/m0/s1. The van der Waals surface area contributed by atoms with Crippen LogP contribution in [0.15, 0.2) is 0 Å². The second-order valence-corrected chi connectivity index (χ2v) is 8.67. The zero-order valence-corrected chi connectivity index (χ0v) is 12.9. The molecule has 1 N–H and O–H groups in total. The van der Waals surface area contributed by atoms with Crippen molar-refractivity contribution in [1.82, 2.24) is 5.32 Å². The van der Waals surface area contributed by atoms with Crippen molar-refractivity contribution in [2.24, 2.45) is 28.6 Å². The summed E-state index contributed by atoms with van der Waals surface area (Å²) in [4.78, 5) is 0. The van der Waals surface area contributed by atoms with E-state index in [1.807, 2.05) is 0 Å². The van der Waals surface area contributed by atoms with E-state index in [1.54, 1.807) is 0 Å². The molecule has 1 heterocycles. The molecule has 4 rings (SSSR count). The molecule has 19 heavy (non-hydrogen) atoms. The third kappa shape index (κ3) is 1.69. The fourth-order valence-electron chi connectivity index (χ4n) is 6.80. The van der Waals surface area contributed by atoms with E-state index in [2.05, 4.69) is 19.2 Å². The summed E-state index contributed by atoms with van der Waals surface area (Å²) in [6.07, 6.45) is 13.5. The smallest absolute Gasteiger partial charge is 0.0124 e. The molecule has 0 amide bonds. The van der Waals surface area contributed by atoms with Crippen LogP contribution in [0.1, 0.15) is 71.6 Å². The molecule has 6 atom stereocenters. The van der Waals surface area contributed by atoms with Gasteiger partial charge < -0.3 is 5.32 Å². The van der Waals surface area contributed by atoms with Crippen molar-refractivity contribution in [3.63, 3.8) is 0 Å². The highest BCUT2D eigenvalue weighted by Gasteiger charge is 2.57. The van der Waals surface area contributed by atoms with E-state index in [0.29, 0.717) is 10.8 Å². The minimum atomic E-state index is 0.630. The van der Waals surface area contributed by atoms with Gasteiger partial charge in [-0.1, -0.05) is 33.1 Å². The first-order chi connectivity index (χ1) is 9.13. The highest BCUT2D eigenvalue weighted by molar-refractivity contribution is 5.08. The highest BCUT2D eigenvalue weighted by Crippen LogP contribution is 2.62. The van der Waals surface area contributed by atoms with Gasteiger partial charge in [-0.2, -0.15) is 0 Å². The van der Waals surface area contributed by atoms with E-state index < -0.39 is 0 Å². The van der Waals surface area contributed by atoms with Crippen LogP contribution >= 0.6 is 0 Å². The molecule has 1 saturated heterocycles. The second kappa shape index (κ2) is 4.23. The molecule has 0 radical (unpaired) electrons. The van der Waals surface area contributed by atoms with Gasteiger partial charge >= 0.3 is 0 Å². The maximum atomic E-state index is 3.99. The van der Waals surface area contributed by atoms with Gasteiger partial charge in [0.05, 0.1) is 0 Å². The van der Waals surface area contributed by atoms with Crippen molar-refractivity contribution < 1.29 is 0 Å². The van der Waals surface area contributed by atoms with Crippen LogP contribution < -0.4 is 5.32 Å². The van der Waals surface area contributed by atoms with Gasteiger partial charge in [-0.25, -0.2) is 0 Å². The van der Waals surface area contributed by atoms with Crippen LogP contribution in [-0.4, -0.2) is 12.6 Å². The van der Waals surface area contributed by atoms with Gasteiger partial charge in [0.2, 0.25) is 0 Å². The maximum absolute atomic E-state index is 3.99. The highest BCUT2D eigenvalue weighted by atomic mass is 15.0. The summed E-state index contributed by atoms with van der Waals surface area (Å²) in [6.45, 7) is 6.58. The zero-order chi connectivity index (χ0) is 13.1. The molecule has 0 aromatic carbocycles. The van der Waals surface area contributed by atoms with E-state index in [0.717, 1.165) is 23.8 Å². The van der Waals surface area contributed by atoms with Gasteiger partial charge in [0, 0.05) is 6.04 Å². The fraction of sp³-hybridized carbons (Fsp3) is 1.00. The molecule has 0 spiro atoms. The predicted molar refractivity (Wildman–Crippen MR) is 80.0 cm³/mol. The molecule has 0 aromatic rings. The molecule has 1 heteroatoms. The van der Waals surface area contributed by atoms with Gasteiger partial charge in [0.15, 0.2) is 0 Å². The molecule has 3 saturated carbocycles. The first-order valence-electron chi connectivity index (χ1n) is 8.87. The Morgan fingerprint density at radius 3 is 2.63 bits per heavy atom. The topological polar surface area (TPSA) is 12.0 Å². The number of nitrogens with one attached hydrogen (secondary N) is 1. The molecule has 3 aliphatic carbocycles. The number of hydrogen-bond acceptors (Lipinski definition) is 1. The van der Waals surface area contributed by atoms with E-state index in [4.69, 9.17) is 0 Å². The van der Waals surface area contributed by atoms with Gasteiger partial charge in [-0.05, 0) is 73.7 Å². The van der Waals surface area contributed by atoms with E-state index in [9.17, 15) is 0 Å². The van der Waals surface area contributed by atoms with Crippen molar-refractivity contribution in [3.05, 3.63) is 0 Å². The third-order valence-corrected chi connectivity index (χ3v) is 7.92. The zero-order valence-electron chi connectivity index (χ0n) is 12.9. The van der Waals surface area contributed by atoms with Crippen LogP contribution in [0, 0.1) is 28.6 Å². The van der Waals surface area contributed by atoms with Crippen molar-refractivity contribution in [2.45, 2.75) is 77.7 Å². The van der Waals surface area contributed by atoms with Crippen molar-refractivity contribution in [1.29, 1.82) is 0 Å². The molecular weight excluding hydrogens is 230 g/mol. The lowest BCUT2D eigenvalue weighted by molar-refractivity contribution is -0.0817. The lowest BCUT2D eigenvalue weighted by Crippen LogP contribution is -2.62. The van der Waals surface area contributed by atoms with E-state index >= 15 is 0 Å². The minimum Gasteiger partial charge on any atom is -0.313 e. The Hall–Kier alpha value is -0.0400. The van der Waals surface area contributed by atoms with Crippen LogP contribution in [0.25, 0.3) is 0 Å². The Morgan fingerprint density at radius 2 is 1.74 bits per heavy atom. The lowest BCUT2D eigenvalue weighted by Gasteiger charge is -2.60. The van der Waals surface area contributed by atoms with Crippen LogP contribution in [0.3, 0.4) is 0 Å². The Morgan fingerprint density at radius 1 is 0.842 bits per heavy atom. The summed E-state index contributed by atoms with van der Waals surface area (Å²) < 4.78 is 0. The Bertz CT molecular complexity index is 365. The summed E-state index contributed by atoms with van der Waals surface area (Å²) in [5.41, 5.74) is 1.34. The Balaban J connectivity index is 1.64. The molecule has 0 bridgehead atoms. The van der Waals surface area contributed by atoms with Crippen molar-refractivity contribution in [2.75, 3.05) is 6.54 Å². The summed E-state index contributed by atoms with van der Waals surface area (Å²) in [7, 11) is 0. The Kier molecular flexibility index (Phi) is 2.82. The van der Waals surface area contributed by atoms with E-state index in [1.165, 1.54) is 64.3 Å². The lowest BCUT2D eigenvalue weighted by atomic mass is 9.49. The maximum Gasteiger partial charge on any atom is 0.0124 e. The normalized spacial score (nSPS) is 57.2. The predicted octanol–water partition coefficient (Wildman–Crippen LogP) is 4.37. The number of fused-ring (bicyclic) bond motifs is 5. The van der Waals surface area contributed by atoms with Gasteiger partial charge in [0.25, 0.3) is 0 Å². The first-order valence-corrected chi connectivity index (χ1v) is 8.87. The fourth-order valence-corrected chi connectivity index (χ4v) is 6.80. The number of rotatable bonds is 0. The van der Waals surface area contributed by atoms with Gasteiger partial charge in [0.1, 0.15) is 0 Å². The van der Waals surface area contributed by atoms with Crippen LogP contribution in [-0.2, 0) is 0 Å². The van der Waals surface area contributed by atoms with Gasteiger partial charge in [-0.15, -0.1) is 0 Å².